The first-order chi connectivity index (χ1) is 8.56. The zero-order valence-electron chi connectivity index (χ0n) is 9.94. The molecular weight excluding hydrogens is 252 g/mol. The van der Waals surface area contributed by atoms with E-state index in [2.05, 4.69) is 28.9 Å². The zero-order chi connectivity index (χ0) is 13.1. The fourth-order valence-corrected chi connectivity index (χ4v) is 2.09. The molecule has 1 N–H and O–H groups in total. The second kappa shape index (κ2) is 5.18. The Morgan fingerprint density at radius 2 is 2.22 bits per heavy atom. The molecule has 2 aromatic rings. The van der Waals surface area contributed by atoms with E-state index in [0.717, 1.165) is 5.03 Å². The number of nitrogens with zero attached hydrogens (tertiary/aromatic N) is 4. The molecule has 2 aromatic heterocycles. The van der Waals surface area contributed by atoms with Crippen molar-refractivity contribution in [3.8, 4) is 5.82 Å². The number of rotatable bonds is 4. The van der Waals surface area contributed by atoms with Crippen molar-refractivity contribution in [2.24, 2.45) is 0 Å². The van der Waals surface area contributed by atoms with Gasteiger partial charge in [0.1, 0.15) is 11.4 Å². The summed E-state index contributed by atoms with van der Waals surface area (Å²) >= 11 is 1.61. The molecule has 0 unspecified atom stereocenters. The summed E-state index contributed by atoms with van der Waals surface area (Å²) in [6.07, 6.45) is 3.01. The molecule has 0 saturated carbocycles. The van der Waals surface area contributed by atoms with Crippen LogP contribution in [0, 0.1) is 0 Å². The van der Waals surface area contributed by atoms with E-state index in [0.29, 0.717) is 11.1 Å². The SMILES string of the molecule is CC(C)Sc1cc(-n2ccc(C(=O)O)n2)ncn1. The van der Waals surface area contributed by atoms with Gasteiger partial charge in [-0.1, -0.05) is 13.8 Å². The normalized spacial score (nSPS) is 10.8. The number of hydrogen-bond donors (Lipinski definition) is 1. The van der Waals surface area contributed by atoms with Crippen LogP contribution in [-0.2, 0) is 0 Å². The summed E-state index contributed by atoms with van der Waals surface area (Å²) in [5, 5.41) is 14.0. The van der Waals surface area contributed by atoms with Crippen molar-refractivity contribution in [2.75, 3.05) is 0 Å². The molecule has 0 amide bonds. The maximum absolute atomic E-state index is 10.7. The lowest BCUT2D eigenvalue weighted by molar-refractivity contribution is 0.0690. The monoisotopic (exact) mass is 264 g/mol. The summed E-state index contributed by atoms with van der Waals surface area (Å²) < 4.78 is 1.43. The number of carbonyl (C=O) groups is 1. The predicted octanol–water partition coefficient (Wildman–Crippen LogP) is 1.86. The molecule has 0 aromatic carbocycles. The minimum atomic E-state index is -1.06. The molecule has 0 aliphatic rings. The minimum Gasteiger partial charge on any atom is -0.476 e. The van der Waals surface area contributed by atoms with Gasteiger partial charge in [-0.25, -0.2) is 19.4 Å². The quantitative estimate of drug-likeness (QED) is 0.670. The van der Waals surface area contributed by atoms with Crippen molar-refractivity contribution in [3.63, 3.8) is 0 Å². The van der Waals surface area contributed by atoms with Gasteiger partial charge < -0.3 is 5.11 Å². The second-order valence-corrected chi connectivity index (χ2v) is 5.43. The Kier molecular flexibility index (Phi) is 3.61. The lowest BCUT2D eigenvalue weighted by Gasteiger charge is -2.05. The van der Waals surface area contributed by atoms with E-state index in [1.807, 2.05) is 0 Å². The van der Waals surface area contributed by atoms with Crippen molar-refractivity contribution in [3.05, 3.63) is 30.4 Å². The van der Waals surface area contributed by atoms with Gasteiger partial charge in [0, 0.05) is 17.5 Å². The van der Waals surface area contributed by atoms with Gasteiger partial charge in [-0.2, -0.15) is 5.10 Å². The highest BCUT2D eigenvalue weighted by molar-refractivity contribution is 7.99. The lowest BCUT2D eigenvalue weighted by atomic mass is 10.5. The van der Waals surface area contributed by atoms with Crippen LogP contribution in [0.25, 0.3) is 5.82 Å². The molecular formula is C11H12N4O2S. The van der Waals surface area contributed by atoms with Crippen LogP contribution in [0.4, 0.5) is 0 Å². The molecule has 94 valence electrons. The van der Waals surface area contributed by atoms with Gasteiger partial charge in [-0.3, -0.25) is 0 Å². The number of carboxylic acids is 1. The molecule has 0 aliphatic heterocycles. The van der Waals surface area contributed by atoms with Crippen LogP contribution in [0.3, 0.4) is 0 Å². The van der Waals surface area contributed by atoms with Crippen LogP contribution in [0.15, 0.2) is 29.7 Å². The van der Waals surface area contributed by atoms with Crippen LogP contribution in [0.2, 0.25) is 0 Å². The van der Waals surface area contributed by atoms with E-state index >= 15 is 0 Å². The number of carboxylic acid groups (broad SMARTS) is 1. The highest BCUT2D eigenvalue weighted by Gasteiger charge is 2.09. The molecule has 2 heterocycles. The topological polar surface area (TPSA) is 80.9 Å². The fourth-order valence-electron chi connectivity index (χ4n) is 1.33. The second-order valence-electron chi connectivity index (χ2n) is 3.83. The first-order valence-corrected chi connectivity index (χ1v) is 6.22. The van der Waals surface area contributed by atoms with Crippen LogP contribution in [-0.4, -0.2) is 36.1 Å². The summed E-state index contributed by atoms with van der Waals surface area (Å²) in [5.41, 5.74) is -0.00771. The average molecular weight is 264 g/mol. The van der Waals surface area contributed by atoms with Crippen LogP contribution >= 0.6 is 11.8 Å². The van der Waals surface area contributed by atoms with Gasteiger partial charge in [0.15, 0.2) is 11.5 Å². The highest BCUT2D eigenvalue weighted by Crippen LogP contribution is 2.21. The van der Waals surface area contributed by atoms with Crippen LogP contribution in [0.5, 0.6) is 0 Å². The first-order valence-electron chi connectivity index (χ1n) is 5.34. The summed E-state index contributed by atoms with van der Waals surface area (Å²) in [7, 11) is 0. The molecule has 7 heteroatoms. The molecule has 0 atom stereocenters. The highest BCUT2D eigenvalue weighted by atomic mass is 32.2. The Morgan fingerprint density at radius 1 is 1.44 bits per heavy atom. The fraction of sp³-hybridized carbons (Fsp3) is 0.273. The smallest absolute Gasteiger partial charge is 0.356 e. The van der Waals surface area contributed by atoms with Crippen LogP contribution in [0.1, 0.15) is 24.3 Å². The van der Waals surface area contributed by atoms with Crippen molar-refractivity contribution in [2.45, 2.75) is 24.1 Å². The molecule has 0 aliphatic carbocycles. The summed E-state index contributed by atoms with van der Waals surface area (Å²) in [4.78, 5) is 19.0. The third kappa shape index (κ3) is 2.86. The van der Waals surface area contributed by atoms with Gasteiger partial charge in [0.25, 0.3) is 0 Å². The Morgan fingerprint density at radius 3 is 2.83 bits per heavy atom. The van der Waals surface area contributed by atoms with Gasteiger partial charge in [0.2, 0.25) is 0 Å². The van der Waals surface area contributed by atoms with Crippen LogP contribution < -0.4 is 0 Å². The molecule has 0 fully saturated rings. The lowest BCUT2D eigenvalue weighted by Crippen LogP contribution is -2.03. The van der Waals surface area contributed by atoms with E-state index in [1.165, 1.54) is 17.1 Å². The summed E-state index contributed by atoms with van der Waals surface area (Å²) in [6.45, 7) is 4.14. The van der Waals surface area contributed by atoms with Gasteiger partial charge in [-0.05, 0) is 6.07 Å². The number of hydrogen-bond acceptors (Lipinski definition) is 5. The molecule has 0 bridgehead atoms. The molecule has 0 saturated heterocycles. The van der Waals surface area contributed by atoms with Crippen molar-refractivity contribution in [1.82, 2.24) is 19.7 Å². The molecule has 18 heavy (non-hydrogen) atoms. The first kappa shape index (κ1) is 12.6. The third-order valence-corrected chi connectivity index (χ3v) is 2.96. The standard InChI is InChI=1S/C11H12N4O2S/c1-7(2)18-10-5-9(12-6-13-10)15-4-3-8(14-15)11(16)17/h3-7H,1-2H3,(H,16,17). The van der Waals surface area contributed by atoms with Crippen molar-refractivity contribution < 1.29 is 9.90 Å². The van der Waals surface area contributed by atoms with Gasteiger partial charge in [-0.15, -0.1) is 11.8 Å². The maximum Gasteiger partial charge on any atom is 0.356 e. The summed E-state index contributed by atoms with van der Waals surface area (Å²) in [6, 6.07) is 3.21. The van der Waals surface area contributed by atoms with E-state index in [9.17, 15) is 4.79 Å². The molecule has 2 rings (SSSR count). The molecule has 0 spiro atoms. The Hall–Kier alpha value is -1.89. The third-order valence-electron chi connectivity index (χ3n) is 2.03. The van der Waals surface area contributed by atoms with Gasteiger partial charge in [0.05, 0.1) is 0 Å². The van der Waals surface area contributed by atoms with E-state index in [4.69, 9.17) is 5.11 Å². The Labute approximate surface area is 108 Å². The molecule has 6 nitrogen and oxygen atoms in total. The number of aromatic nitrogens is 4. The Balaban J connectivity index is 2.29. The van der Waals surface area contributed by atoms with Gasteiger partial charge >= 0.3 is 5.97 Å². The summed E-state index contributed by atoms with van der Waals surface area (Å²) in [5.74, 6) is -0.500. The Bertz CT molecular complexity index is 568. The number of thioether (sulfide) groups is 1. The predicted molar refractivity (Wildman–Crippen MR) is 67.1 cm³/mol. The maximum atomic E-state index is 10.7. The van der Waals surface area contributed by atoms with Crippen molar-refractivity contribution in [1.29, 1.82) is 0 Å². The van der Waals surface area contributed by atoms with E-state index in [-0.39, 0.29) is 5.69 Å². The molecule has 0 radical (unpaired) electrons. The minimum absolute atomic E-state index is 0.00771. The number of aromatic carboxylic acids is 1. The zero-order valence-corrected chi connectivity index (χ0v) is 10.8. The average Bonchev–Trinajstić information content (AvgIpc) is 2.77. The van der Waals surface area contributed by atoms with E-state index < -0.39 is 5.97 Å². The van der Waals surface area contributed by atoms with E-state index in [1.54, 1.807) is 24.0 Å². The largest absolute Gasteiger partial charge is 0.476 e. The van der Waals surface area contributed by atoms with Crippen molar-refractivity contribution >= 4 is 17.7 Å².